The van der Waals surface area contributed by atoms with E-state index in [4.69, 9.17) is 9.47 Å². The molecule has 5 heteroatoms. The number of pyridine rings is 1. The summed E-state index contributed by atoms with van der Waals surface area (Å²) in [6.07, 6.45) is 2.36. The molecule has 0 unspecified atom stereocenters. The van der Waals surface area contributed by atoms with Crippen LogP contribution in [-0.2, 0) is 4.79 Å². The standard InChI is InChI=1S/C17H18N2O3/c1-11-9-14(17(21-2)18-10-11)19-16(20)13-7-8-22-15-6-4-3-5-12(13)15/h3-6,9-10,13H,7-8H2,1-2H3,(H,19,20)/t13-/m1/s1. The third-order valence-corrected chi connectivity index (χ3v) is 3.71. The number of hydrogen-bond acceptors (Lipinski definition) is 4. The molecule has 1 N–H and O–H groups in total. The average Bonchev–Trinajstić information content (AvgIpc) is 2.54. The highest BCUT2D eigenvalue weighted by atomic mass is 16.5. The Bertz CT molecular complexity index is 700. The second-order valence-corrected chi connectivity index (χ2v) is 5.29. The molecule has 0 radical (unpaired) electrons. The molecule has 3 rings (SSSR count). The summed E-state index contributed by atoms with van der Waals surface area (Å²) >= 11 is 0. The Kier molecular flexibility index (Phi) is 3.96. The van der Waals surface area contributed by atoms with Crippen molar-refractivity contribution in [2.24, 2.45) is 0 Å². The van der Waals surface area contributed by atoms with E-state index in [0.29, 0.717) is 24.6 Å². The van der Waals surface area contributed by atoms with Crippen LogP contribution in [0.1, 0.15) is 23.5 Å². The second kappa shape index (κ2) is 6.05. The molecule has 114 valence electrons. The lowest BCUT2D eigenvalue weighted by atomic mass is 9.92. The number of benzene rings is 1. The largest absolute Gasteiger partial charge is 0.493 e. The Labute approximate surface area is 129 Å². The molecule has 0 fully saturated rings. The Hall–Kier alpha value is -2.56. The number of para-hydroxylation sites is 1. The van der Waals surface area contributed by atoms with Crippen LogP contribution in [0, 0.1) is 6.92 Å². The van der Waals surface area contributed by atoms with Gasteiger partial charge in [0.05, 0.1) is 19.6 Å². The first-order chi connectivity index (χ1) is 10.7. The minimum atomic E-state index is -0.227. The fraction of sp³-hybridized carbons (Fsp3) is 0.294. The van der Waals surface area contributed by atoms with E-state index in [1.807, 2.05) is 37.3 Å². The van der Waals surface area contributed by atoms with Gasteiger partial charge in [0, 0.05) is 11.8 Å². The van der Waals surface area contributed by atoms with Crippen molar-refractivity contribution in [1.82, 2.24) is 4.98 Å². The zero-order chi connectivity index (χ0) is 15.5. The van der Waals surface area contributed by atoms with Crippen LogP contribution in [0.25, 0.3) is 0 Å². The maximum absolute atomic E-state index is 12.7. The van der Waals surface area contributed by atoms with Crippen LogP contribution in [0.2, 0.25) is 0 Å². The van der Waals surface area contributed by atoms with E-state index in [2.05, 4.69) is 10.3 Å². The maximum Gasteiger partial charge on any atom is 0.237 e. The number of anilines is 1. The Morgan fingerprint density at radius 2 is 2.23 bits per heavy atom. The van der Waals surface area contributed by atoms with E-state index < -0.39 is 0 Å². The van der Waals surface area contributed by atoms with Gasteiger partial charge in [-0.3, -0.25) is 4.79 Å². The van der Waals surface area contributed by atoms with Gasteiger partial charge in [-0.1, -0.05) is 18.2 Å². The van der Waals surface area contributed by atoms with Crippen LogP contribution in [0.15, 0.2) is 36.5 Å². The van der Waals surface area contributed by atoms with Gasteiger partial charge >= 0.3 is 0 Å². The van der Waals surface area contributed by atoms with Crippen LogP contribution < -0.4 is 14.8 Å². The summed E-state index contributed by atoms with van der Waals surface area (Å²) in [4.78, 5) is 16.8. The van der Waals surface area contributed by atoms with E-state index in [1.165, 1.54) is 7.11 Å². The molecular weight excluding hydrogens is 280 g/mol. The molecule has 2 heterocycles. The molecular formula is C17H18N2O3. The smallest absolute Gasteiger partial charge is 0.237 e. The number of carbonyl (C=O) groups is 1. The second-order valence-electron chi connectivity index (χ2n) is 5.29. The quantitative estimate of drug-likeness (QED) is 0.946. The van der Waals surface area contributed by atoms with Crippen LogP contribution >= 0.6 is 0 Å². The van der Waals surface area contributed by atoms with Crippen molar-refractivity contribution in [3.63, 3.8) is 0 Å². The van der Waals surface area contributed by atoms with Crippen molar-refractivity contribution in [2.45, 2.75) is 19.3 Å². The van der Waals surface area contributed by atoms with E-state index in [1.54, 1.807) is 6.20 Å². The van der Waals surface area contributed by atoms with Gasteiger partial charge < -0.3 is 14.8 Å². The summed E-state index contributed by atoms with van der Waals surface area (Å²) in [5, 5.41) is 2.93. The van der Waals surface area contributed by atoms with Crippen molar-refractivity contribution in [3.05, 3.63) is 47.7 Å². The van der Waals surface area contributed by atoms with E-state index in [9.17, 15) is 4.79 Å². The van der Waals surface area contributed by atoms with Crippen molar-refractivity contribution in [2.75, 3.05) is 19.0 Å². The van der Waals surface area contributed by atoms with Crippen LogP contribution in [0.5, 0.6) is 11.6 Å². The first-order valence-electron chi connectivity index (χ1n) is 7.22. The predicted octanol–water partition coefficient (Wildman–Crippen LogP) is 2.90. The number of rotatable bonds is 3. The Morgan fingerprint density at radius 3 is 3.05 bits per heavy atom. The number of methoxy groups -OCH3 is 1. The summed E-state index contributed by atoms with van der Waals surface area (Å²) in [6.45, 7) is 2.46. The summed E-state index contributed by atoms with van der Waals surface area (Å²) in [6, 6.07) is 9.51. The summed E-state index contributed by atoms with van der Waals surface area (Å²) < 4.78 is 10.8. The molecule has 1 amide bonds. The number of aryl methyl sites for hydroxylation is 1. The van der Waals surface area contributed by atoms with E-state index in [-0.39, 0.29) is 11.8 Å². The molecule has 2 aromatic rings. The Morgan fingerprint density at radius 1 is 1.41 bits per heavy atom. The number of hydrogen-bond donors (Lipinski definition) is 1. The topological polar surface area (TPSA) is 60.5 Å². The highest BCUT2D eigenvalue weighted by molar-refractivity contribution is 5.97. The number of amides is 1. The molecule has 1 aliphatic heterocycles. The van der Waals surface area contributed by atoms with Gasteiger partial charge in [0.1, 0.15) is 11.4 Å². The van der Waals surface area contributed by atoms with Crippen molar-refractivity contribution in [1.29, 1.82) is 0 Å². The third-order valence-electron chi connectivity index (χ3n) is 3.71. The normalized spacial score (nSPS) is 16.4. The highest BCUT2D eigenvalue weighted by Gasteiger charge is 2.28. The molecule has 0 spiro atoms. The highest BCUT2D eigenvalue weighted by Crippen LogP contribution is 2.34. The minimum Gasteiger partial charge on any atom is -0.493 e. The van der Waals surface area contributed by atoms with Crippen LogP contribution in [0.4, 0.5) is 5.69 Å². The SMILES string of the molecule is COc1ncc(C)cc1NC(=O)[C@@H]1CCOc2ccccc21. The zero-order valence-corrected chi connectivity index (χ0v) is 12.6. The van der Waals surface area contributed by atoms with Gasteiger partial charge in [-0.2, -0.15) is 0 Å². The maximum atomic E-state index is 12.7. The molecule has 22 heavy (non-hydrogen) atoms. The van der Waals surface area contributed by atoms with E-state index >= 15 is 0 Å². The Balaban J connectivity index is 1.86. The summed E-state index contributed by atoms with van der Waals surface area (Å²) in [7, 11) is 1.54. The fourth-order valence-electron chi connectivity index (χ4n) is 2.64. The molecule has 0 saturated carbocycles. The molecule has 1 aromatic heterocycles. The van der Waals surface area contributed by atoms with Crippen LogP contribution in [-0.4, -0.2) is 24.6 Å². The van der Waals surface area contributed by atoms with Gasteiger partial charge in [-0.05, 0) is 31.0 Å². The third kappa shape index (κ3) is 2.74. The zero-order valence-electron chi connectivity index (χ0n) is 12.6. The number of nitrogens with zero attached hydrogens (tertiary/aromatic N) is 1. The summed E-state index contributed by atoms with van der Waals surface area (Å²) in [5.41, 5.74) is 2.48. The molecule has 0 aliphatic carbocycles. The van der Waals surface area contributed by atoms with E-state index in [0.717, 1.165) is 16.9 Å². The van der Waals surface area contributed by atoms with Crippen molar-refractivity contribution >= 4 is 11.6 Å². The molecule has 1 aromatic carbocycles. The lowest BCUT2D eigenvalue weighted by Crippen LogP contribution is -2.26. The number of nitrogens with one attached hydrogen (secondary N) is 1. The minimum absolute atomic E-state index is 0.0681. The number of carbonyl (C=O) groups excluding carboxylic acids is 1. The number of fused-ring (bicyclic) bond motifs is 1. The lowest BCUT2D eigenvalue weighted by Gasteiger charge is -2.25. The predicted molar refractivity (Wildman–Crippen MR) is 83.5 cm³/mol. The summed E-state index contributed by atoms with van der Waals surface area (Å²) in [5.74, 6) is 0.902. The van der Waals surface area contributed by atoms with Gasteiger partial charge in [0.2, 0.25) is 11.8 Å². The monoisotopic (exact) mass is 298 g/mol. The van der Waals surface area contributed by atoms with Gasteiger partial charge in [-0.15, -0.1) is 0 Å². The first kappa shape index (κ1) is 14.4. The molecule has 5 nitrogen and oxygen atoms in total. The molecule has 1 aliphatic rings. The van der Waals surface area contributed by atoms with Gasteiger partial charge in [0.15, 0.2) is 0 Å². The molecule has 1 atom stereocenters. The molecule has 0 saturated heterocycles. The van der Waals surface area contributed by atoms with Crippen molar-refractivity contribution < 1.29 is 14.3 Å². The number of ether oxygens (including phenoxy) is 2. The number of aromatic nitrogens is 1. The average molecular weight is 298 g/mol. The van der Waals surface area contributed by atoms with Gasteiger partial charge in [-0.25, -0.2) is 4.98 Å². The fourth-order valence-corrected chi connectivity index (χ4v) is 2.64. The van der Waals surface area contributed by atoms with Gasteiger partial charge in [0.25, 0.3) is 0 Å². The first-order valence-corrected chi connectivity index (χ1v) is 7.22. The molecule has 0 bridgehead atoms. The lowest BCUT2D eigenvalue weighted by molar-refractivity contribution is -0.118. The van der Waals surface area contributed by atoms with Crippen LogP contribution in [0.3, 0.4) is 0 Å². The van der Waals surface area contributed by atoms with Crippen molar-refractivity contribution in [3.8, 4) is 11.6 Å².